The molecule has 28 heavy (non-hydrogen) atoms. The molecule has 9 heteroatoms. The monoisotopic (exact) mass is 396 g/mol. The lowest BCUT2D eigenvalue weighted by Crippen LogP contribution is -2.52. The first-order valence-corrected chi connectivity index (χ1v) is 9.01. The molecule has 1 aromatic rings. The fourth-order valence-corrected chi connectivity index (χ4v) is 2.64. The number of amides is 2. The number of carboxylic acid groups (broad SMARTS) is 1. The van der Waals surface area contributed by atoms with Crippen LogP contribution in [0.2, 0.25) is 0 Å². The second-order valence-corrected chi connectivity index (χ2v) is 7.55. The first-order valence-electron chi connectivity index (χ1n) is 9.01. The average molecular weight is 396 g/mol. The van der Waals surface area contributed by atoms with Gasteiger partial charge in [-0.15, -0.1) is 0 Å². The van der Waals surface area contributed by atoms with E-state index in [1.807, 2.05) is 27.7 Å². The minimum absolute atomic E-state index is 0.0195. The molecule has 0 saturated heterocycles. The summed E-state index contributed by atoms with van der Waals surface area (Å²) in [7, 11) is 0. The van der Waals surface area contributed by atoms with Gasteiger partial charge >= 0.3 is 5.97 Å². The van der Waals surface area contributed by atoms with E-state index in [2.05, 4.69) is 10.6 Å². The predicted molar refractivity (Wildman–Crippen MR) is 101 cm³/mol. The normalized spacial score (nSPS) is 13.2. The van der Waals surface area contributed by atoms with E-state index < -0.39 is 47.1 Å². The molecule has 0 spiro atoms. The summed E-state index contributed by atoms with van der Waals surface area (Å²) < 4.78 is 0. The van der Waals surface area contributed by atoms with Crippen LogP contribution in [0, 0.1) is 11.8 Å². The molecule has 9 nitrogen and oxygen atoms in total. The summed E-state index contributed by atoms with van der Waals surface area (Å²) in [6.07, 6.45) is 0.491. The van der Waals surface area contributed by atoms with Crippen LogP contribution in [0.25, 0.3) is 0 Å². The zero-order valence-corrected chi connectivity index (χ0v) is 16.4. The van der Waals surface area contributed by atoms with Gasteiger partial charge in [-0.25, -0.2) is 4.79 Å². The van der Waals surface area contributed by atoms with Crippen molar-refractivity contribution >= 4 is 17.8 Å². The molecule has 0 aliphatic rings. The zero-order chi connectivity index (χ0) is 21.6. The molecule has 0 bridgehead atoms. The maximum atomic E-state index is 12.6. The Balaban J connectivity index is 2.99. The molecular formula is C19H28N2O7. The Hall–Kier alpha value is -2.97. The van der Waals surface area contributed by atoms with Gasteiger partial charge in [-0.3, -0.25) is 9.59 Å². The number of phenolic OH excluding ortho intramolecular Hbond substituents is 3. The van der Waals surface area contributed by atoms with Crippen molar-refractivity contribution in [1.82, 2.24) is 10.6 Å². The molecule has 1 aromatic carbocycles. The zero-order valence-electron chi connectivity index (χ0n) is 16.4. The summed E-state index contributed by atoms with van der Waals surface area (Å²) in [6, 6.07) is -0.193. The highest BCUT2D eigenvalue weighted by Crippen LogP contribution is 2.35. The first kappa shape index (κ1) is 23.1. The van der Waals surface area contributed by atoms with Crippen molar-refractivity contribution in [3.05, 3.63) is 17.7 Å². The Labute approximate surface area is 163 Å². The summed E-state index contributed by atoms with van der Waals surface area (Å²) in [5.74, 6) is -4.62. The van der Waals surface area contributed by atoms with Crippen LogP contribution in [0.3, 0.4) is 0 Å². The van der Waals surface area contributed by atoms with Crippen molar-refractivity contribution in [1.29, 1.82) is 0 Å². The van der Waals surface area contributed by atoms with Gasteiger partial charge in [0.2, 0.25) is 5.91 Å². The third-order valence-corrected chi connectivity index (χ3v) is 3.98. The fourth-order valence-electron chi connectivity index (χ4n) is 2.64. The van der Waals surface area contributed by atoms with Crippen molar-refractivity contribution in [2.24, 2.45) is 11.8 Å². The summed E-state index contributed by atoms with van der Waals surface area (Å²) >= 11 is 0. The molecule has 0 fully saturated rings. The number of phenols is 3. The van der Waals surface area contributed by atoms with E-state index in [4.69, 9.17) is 0 Å². The second-order valence-electron chi connectivity index (χ2n) is 7.55. The third kappa shape index (κ3) is 6.64. The molecule has 2 amide bonds. The largest absolute Gasteiger partial charge is 0.504 e. The lowest BCUT2D eigenvalue weighted by atomic mass is 10.00. The van der Waals surface area contributed by atoms with Crippen molar-refractivity contribution in [3.63, 3.8) is 0 Å². The molecule has 2 atom stereocenters. The summed E-state index contributed by atoms with van der Waals surface area (Å²) in [5, 5.41) is 42.7. The van der Waals surface area contributed by atoms with E-state index in [9.17, 15) is 34.8 Å². The quantitative estimate of drug-likeness (QED) is 0.346. The number of rotatable bonds is 9. The molecule has 0 aliphatic heterocycles. The Morgan fingerprint density at radius 2 is 1.32 bits per heavy atom. The lowest BCUT2D eigenvalue weighted by molar-refractivity contribution is -0.142. The van der Waals surface area contributed by atoms with Gasteiger partial charge in [-0.05, 0) is 36.8 Å². The Kier molecular flexibility index (Phi) is 8.09. The van der Waals surface area contributed by atoms with Gasteiger partial charge in [0.15, 0.2) is 17.2 Å². The molecule has 0 aromatic heterocycles. The summed E-state index contributed by atoms with van der Waals surface area (Å²) in [6.45, 7) is 7.35. The third-order valence-electron chi connectivity index (χ3n) is 3.98. The highest BCUT2D eigenvalue weighted by molar-refractivity contribution is 5.99. The number of aromatic hydroxyl groups is 3. The van der Waals surface area contributed by atoms with Crippen molar-refractivity contribution < 1.29 is 34.8 Å². The molecule has 156 valence electrons. The smallest absolute Gasteiger partial charge is 0.326 e. The maximum Gasteiger partial charge on any atom is 0.326 e. The van der Waals surface area contributed by atoms with Gasteiger partial charge in [0.05, 0.1) is 0 Å². The number of carbonyl (C=O) groups is 3. The minimum atomic E-state index is -1.16. The number of carboxylic acids is 1. The van der Waals surface area contributed by atoms with Gasteiger partial charge in [-0.1, -0.05) is 27.7 Å². The molecule has 0 saturated carbocycles. The Morgan fingerprint density at radius 3 is 1.75 bits per heavy atom. The SMILES string of the molecule is CC(C)C[C@H](NC(=O)[C@H](CC(C)C)NC(=O)c1cc(O)c(O)c(O)c1)C(=O)O. The van der Waals surface area contributed by atoms with Crippen molar-refractivity contribution in [2.75, 3.05) is 0 Å². The predicted octanol–water partition coefficient (Wildman–Crippen LogP) is 1.56. The lowest BCUT2D eigenvalue weighted by Gasteiger charge is -2.23. The van der Waals surface area contributed by atoms with E-state index in [1.165, 1.54) is 0 Å². The van der Waals surface area contributed by atoms with Crippen LogP contribution in [-0.4, -0.2) is 50.3 Å². The van der Waals surface area contributed by atoms with Crippen LogP contribution in [0.15, 0.2) is 12.1 Å². The minimum Gasteiger partial charge on any atom is -0.504 e. The molecule has 0 heterocycles. The van der Waals surface area contributed by atoms with Gasteiger partial charge in [0.25, 0.3) is 5.91 Å². The van der Waals surface area contributed by atoms with Crippen molar-refractivity contribution in [3.8, 4) is 17.2 Å². The number of hydrogen-bond acceptors (Lipinski definition) is 6. The van der Waals surface area contributed by atoms with Gasteiger partial charge < -0.3 is 31.1 Å². The van der Waals surface area contributed by atoms with Gasteiger partial charge in [-0.2, -0.15) is 0 Å². The van der Waals surface area contributed by atoms with E-state index in [0.29, 0.717) is 0 Å². The summed E-state index contributed by atoms with van der Waals surface area (Å²) in [4.78, 5) is 36.4. The van der Waals surface area contributed by atoms with Crippen molar-refractivity contribution in [2.45, 2.75) is 52.6 Å². The first-order chi connectivity index (χ1) is 12.9. The van der Waals surface area contributed by atoms with Crippen LogP contribution in [0.5, 0.6) is 17.2 Å². The topological polar surface area (TPSA) is 156 Å². The summed E-state index contributed by atoms with van der Waals surface area (Å²) in [5.41, 5.74) is -0.161. The molecular weight excluding hydrogens is 368 g/mol. The Morgan fingerprint density at radius 1 is 0.857 bits per heavy atom. The molecule has 0 aliphatic carbocycles. The average Bonchev–Trinajstić information content (AvgIpc) is 2.56. The van der Waals surface area contributed by atoms with Gasteiger partial charge in [0.1, 0.15) is 12.1 Å². The fraction of sp³-hybridized carbons (Fsp3) is 0.526. The number of carbonyl (C=O) groups excluding carboxylic acids is 2. The standard InChI is InChI=1S/C19H28N2O7/c1-9(2)5-12(18(26)21-13(19(27)28)6-10(3)4)20-17(25)11-7-14(22)16(24)15(23)8-11/h7-10,12-13,22-24H,5-6H2,1-4H3,(H,20,25)(H,21,26)(H,27,28)/t12-,13-/m0/s1. The number of benzene rings is 1. The van der Waals surface area contributed by atoms with Gasteiger partial charge in [0, 0.05) is 5.56 Å². The highest BCUT2D eigenvalue weighted by atomic mass is 16.4. The van der Waals surface area contributed by atoms with Crippen LogP contribution < -0.4 is 10.6 Å². The molecule has 6 N–H and O–H groups in total. The molecule has 0 unspecified atom stereocenters. The number of aliphatic carboxylic acids is 1. The van der Waals surface area contributed by atoms with Crippen LogP contribution in [0.4, 0.5) is 0 Å². The molecule has 0 radical (unpaired) electrons. The van der Waals surface area contributed by atoms with E-state index in [1.54, 1.807) is 0 Å². The van der Waals surface area contributed by atoms with Crippen LogP contribution in [-0.2, 0) is 9.59 Å². The van der Waals surface area contributed by atoms with E-state index in [0.717, 1.165) is 12.1 Å². The second kappa shape index (κ2) is 9.82. The maximum absolute atomic E-state index is 12.6. The van der Waals surface area contributed by atoms with Crippen LogP contribution >= 0.6 is 0 Å². The van der Waals surface area contributed by atoms with E-state index >= 15 is 0 Å². The Bertz CT molecular complexity index is 708. The highest BCUT2D eigenvalue weighted by Gasteiger charge is 2.28. The van der Waals surface area contributed by atoms with Crippen LogP contribution in [0.1, 0.15) is 50.9 Å². The number of nitrogens with one attached hydrogen (secondary N) is 2. The number of hydrogen-bond donors (Lipinski definition) is 6. The van der Waals surface area contributed by atoms with E-state index in [-0.39, 0.29) is 30.2 Å². The molecule has 1 rings (SSSR count).